The molecule has 0 radical (unpaired) electrons. The van der Waals surface area contributed by atoms with Crippen LogP contribution in [0.2, 0.25) is 0 Å². The van der Waals surface area contributed by atoms with Gasteiger partial charge in [0, 0.05) is 30.7 Å². The standard InChI is InChI=1S/C13H17BrFN3O/c1-9(18-6-4-16-5-7-18)13(19)17-12-3-2-10(14)8-11(12)15/h2-3,8-9,16H,4-7H2,1H3,(H,17,19). The molecule has 1 atom stereocenters. The van der Waals surface area contributed by atoms with Crippen LogP contribution < -0.4 is 10.6 Å². The van der Waals surface area contributed by atoms with Crippen LogP contribution in [0.4, 0.5) is 10.1 Å². The number of rotatable bonds is 3. The minimum absolute atomic E-state index is 0.178. The van der Waals surface area contributed by atoms with Gasteiger partial charge in [-0.05, 0) is 25.1 Å². The summed E-state index contributed by atoms with van der Waals surface area (Å²) in [5.74, 6) is -0.613. The van der Waals surface area contributed by atoms with Crippen molar-refractivity contribution < 1.29 is 9.18 Å². The maximum atomic E-state index is 13.6. The van der Waals surface area contributed by atoms with Gasteiger partial charge in [0.25, 0.3) is 0 Å². The maximum absolute atomic E-state index is 13.6. The Balaban J connectivity index is 1.99. The first-order chi connectivity index (χ1) is 9.08. The van der Waals surface area contributed by atoms with Gasteiger partial charge in [0.1, 0.15) is 5.82 Å². The SMILES string of the molecule is CC(C(=O)Nc1ccc(Br)cc1F)N1CCNCC1. The van der Waals surface area contributed by atoms with E-state index in [4.69, 9.17) is 0 Å². The van der Waals surface area contributed by atoms with Crippen LogP contribution in [0, 0.1) is 5.82 Å². The van der Waals surface area contributed by atoms with Gasteiger partial charge >= 0.3 is 0 Å². The smallest absolute Gasteiger partial charge is 0.241 e. The molecule has 0 aliphatic carbocycles. The van der Waals surface area contributed by atoms with Crippen molar-refractivity contribution >= 4 is 27.5 Å². The van der Waals surface area contributed by atoms with Crippen molar-refractivity contribution in [2.45, 2.75) is 13.0 Å². The van der Waals surface area contributed by atoms with E-state index in [9.17, 15) is 9.18 Å². The molecule has 19 heavy (non-hydrogen) atoms. The van der Waals surface area contributed by atoms with Crippen molar-refractivity contribution in [3.05, 3.63) is 28.5 Å². The largest absolute Gasteiger partial charge is 0.322 e. The molecule has 1 aromatic rings. The summed E-state index contributed by atoms with van der Waals surface area (Å²) in [5.41, 5.74) is 0.218. The Labute approximate surface area is 120 Å². The maximum Gasteiger partial charge on any atom is 0.241 e. The van der Waals surface area contributed by atoms with Gasteiger partial charge in [0.05, 0.1) is 11.7 Å². The van der Waals surface area contributed by atoms with E-state index >= 15 is 0 Å². The van der Waals surface area contributed by atoms with Gasteiger partial charge in [-0.2, -0.15) is 0 Å². The van der Waals surface area contributed by atoms with E-state index in [1.54, 1.807) is 12.1 Å². The van der Waals surface area contributed by atoms with Gasteiger partial charge in [-0.3, -0.25) is 9.69 Å². The lowest BCUT2D eigenvalue weighted by molar-refractivity contribution is -0.121. The number of hydrogen-bond acceptors (Lipinski definition) is 3. The molecule has 2 rings (SSSR count). The molecular weight excluding hydrogens is 313 g/mol. The highest BCUT2D eigenvalue weighted by Crippen LogP contribution is 2.19. The van der Waals surface area contributed by atoms with Gasteiger partial charge in [-0.15, -0.1) is 0 Å². The number of hydrogen-bond donors (Lipinski definition) is 2. The van der Waals surface area contributed by atoms with E-state index in [0.717, 1.165) is 26.2 Å². The molecule has 6 heteroatoms. The second kappa shape index (κ2) is 6.45. The molecule has 2 N–H and O–H groups in total. The summed E-state index contributed by atoms with van der Waals surface area (Å²) >= 11 is 3.19. The second-order valence-electron chi connectivity index (χ2n) is 4.58. The fourth-order valence-corrected chi connectivity index (χ4v) is 2.40. The summed E-state index contributed by atoms with van der Waals surface area (Å²) in [7, 11) is 0. The summed E-state index contributed by atoms with van der Waals surface area (Å²) in [6.45, 7) is 5.26. The monoisotopic (exact) mass is 329 g/mol. The number of anilines is 1. The number of piperazine rings is 1. The molecule has 1 aliphatic rings. The molecular formula is C13H17BrFN3O. The lowest BCUT2D eigenvalue weighted by atomic mass is 10.2. The third kappa shape index (κ3) is 3.75. The molecule has 0 aromatic heterocycles. The molecule has 1 fully saturated rings. The third-order valence-electron chi connectivity index (χ3n) is 3.27. The molecule has 1 aromatic carbocycles. The Morgan fingerprint density at radius 1 is 1.47 bits per heavy atom. The molecule has 1 aliphatic heterocycles. The normalized spacial score (nSPS) is 18.1. The van der Waals surface area contributed by atoms with E-state index in [1.807, 2.05) is 6.92 Å². The number of nitrogens with one attached hydrogen (secondary N) is 2. The topological polar surface area (TPSA) is 44.4 Å². The lowest BCUT2D eigenvalue weighted by Crippen LogP contribution is -2.51. The van der Waals surface area contributed by atoms with Crippen molar-refractivity contribution in [2.24, 2.45) is 0 Å². The number of amides is 1. The zero-order valence-corrected chi connectivity index (χ0v) is 12.3. The first-order valence-corrected chi connectivity index (χ1v) is 7.08. The second-order valence-corrected chi connectivity index (χ2v) is 5.49. The zero-order chi connectivity index (χ0) is 13.8. The Hall–Kier alpha value is -0.980. The minimum atomic E-state index is -0.435. The zero-order valence-electron chi connectivity index (χ0n) is 10.7. The van der Waals surface area contributed by atoms with Crippen LogP contribution in [0.25, 0.3) is 0 Å². The predicted molar refractivity (Wildman–Crippen MR) is 76.6 cm³/mol. The number of carbonyl (C=O) groups is 1. The number of benzene rings is 1. The molecule has 1 unspecified atom stereocenters. The van der Waals surface area contributed by atoms with Crippen LogP contribution in [0.5, 0.6) is 0 Å². The van der Waals surface area contributed by atoms with Crippen LogP contribution >= 0.6 is 15.9 Å². The summed E-state index contributed by atoms with van der Waals surface area (Å²) in [6.07, 6.45) is 0. The molecule has 1 heterocycles. The molecule has 0 bridgehead atoms. The highest BCUT2D eigenvalue weighted by molar-refractivity contribution is 9.10. The van der Waals surface area contributed by atoms with Gasteiger partial charge in [0.15, 0.2) is 0 Å². The van der Waals surface area contributed by atoms with E-state index in [0.29, 0.717) is 4.47 Å². The molecule has 1 amide bonds. The van der Waals surface area contributed by atoms with Gasteiger partial charge in [-0.25, -0.2) is 4.39 Å². The predicted octanol–water partition coefficient (Wildman–Crippen LogP) is 1.82. The van der Waals surface area contributed by atoms with Crippen molar-refractivity contribution in [3.63, 3.8) is 0 Å². The molecule has 1 saturated heterocycles. The lowest BCUT2D eigenvalue weighted by Gasteiger charge is -2.31. The van der Waals surface area contributed by atoms with E-state index in [-0.39, 0.29) is 17.6 Å². The van der Waals surface area contributed by atoms with E-state index < -0.39 is 5.82 Å². The van der Waals surface area contributed by atoms with Gasteiger partial charge in [0.2, 0.25) is 5.91 Å². The van der Waals surface area contributed by atoms with Crippen LogP contribution in [-0.2, 0) is 4.79 Å². The minimum Gasteiger partial charge on any atom is -0.322 e. The van der Waals surface area contributed by atoms with Crippen LogP contribution in [0.3, 0.4) is 0 Å². The Kier molecular flexibility index (Phi) is 4.90. The summed E-state index contributed by atoms with van der Waals surface area (Å²) in [5, 5.41) is 5.87. The average molecular weight is 330 g/mol. The first-order valence-electron chi connectivity index (χ1n) is 6.28. The van der Waals surface area contributed by atoms with Crippen LogP contribution in [0.1, 0.15) is 6.92 Å². The Bertz CT molecular complexity index is 463. The number of halogens is 2. The van der Waals surface area contributed by atoms with E-state index in [2.05, 4.69) is 31.5 Å². The number of nitrogens with zero attached hydrogens (tertiary/aromatic N) is 1. The Morgan fingerprint density at radius 3 is 2.79 bits per heavy atom. The van der Waals surface area contributed by atoms with Crippen molar-refractivity contribution in [1.82, 2.24) is 10.2 Å². The molecule has 4 nitrogen and oxygen atoms in total. The van der Waals surface area contributed by atoms with Crippen LogP contribution in [-0.4, -0.2) is 43.0 Å². The fraction of sp³-hybridized carbons (Fsp3) is 0.462. The highest BCUT2D eigenvalue weighted by Gasteiger charge is 2.23. The summed E-state index contributed by atoms with van der Waals surface area (Å²) in [4.78, 5) is 14.2. The molecule has 104 valence electrons. The van der Waals surface area contributed by atoms with Gasteiger partial charge < -0.3 is 10.6 Å². The Morgan fingerprint density at radius 2 is 2.16 bits per heavy atom. The van der Waals surface area contributed by atoms with Crippen molar-refractivity contribution in [3.8, 4) is 0 Å². The fourth-order valence-electron chi connectivity index (χ4n) is 2.06. The summed E-state index contributed by atoms with van der Waals surface area (Å²) < 4.78 is 14.3. The van der Waals surface area contributed by atoms with Crippen molar-refractivity contribution in [1.29, 1.82) is 0 Å². The highest BCUT2D eigenvalue weighted by atomic mass is 79.9. The average Bonchev–Trinajstić information content (AvgIpc) is 2.42. The quantitative estimate of drug-likeness (QED) is 0.889. The van der Waals surface area contributed by atoms with E-state index in [1.165, 1.54) is 6.07 Å². The molecule has 0 saturated carbocycles. The molecule has 0 spiro atoms. The first kappa shape index (κ1) is 14.4. The van der Waals surface area contributed by atoms with Crippen LogP contribution in [0.15, 0.2) is 22.7 Å². The van der Waals surface area contributed by atoms with Gasteiger partial charge in [-0.1, -0.05) is 15.9 Å². The third-order valence-corrected chi connectivity index (χ3v) is 3.76. The number of carbonyl (C=O) groups excluding carboxylic acids is 1. The summed E-state index contributed by atoms with van der Waals surface area (Å²) in [6, 6.07) is 4.34. The van der Waals surface area contributed by atoms with Crippen molar-refractivity contribution in [2.75, 3.05) is 31.5 Å².